The Morgan fingerprint density at radius 3 is 3.18 bits per heavy atom. The van der Waals surface area contributed by atoms with Crippen molar-refractivity contribution in [2.45, 2.75) is 18.8 Å². The molecular formula is C9H13NS. The number of nitrogens with one attached hydrogen (secondary N) is 1. The molecule has 0 spiro atoms. The van der Waals surface area contributed by atoms with E-state index < -0.39 is 0 Å². The minimum absolute atomic E-state index is 0.787. The summed E-state index contributed by atoms with van der Waals surface area (Å²) in [5.74, 6) is 0.787. The highest BCUT2D eigenvalue weighted by atomic mass is 32.1. The van der Waals surface area contributed by atoms with Crippen molar-refractivity contribution < 1.29 is 0 Å². The van der Waals surface area contributed by atoms with Crippen LogP contribution in [0.3, 0.4) is 0 Å². The van der Waals surface area contributed by atoms with E-state index in [0.717, 1.165) is 5.92 Å². The lowest BCUT2D eigenvalue weighted by Gasteiger charge is -2.21. The molecular weight excluding hydrogens is 154 g/mol. The Kier molecular flexibility index (Phi) is 2.24. The summed E-state index contributed by atoms with van der Waals surface area (Å²) in [4.78, 5) is 0. The normalized spacial score (nSPS) is 25.3. The van der Waals surface area contributed by atoms with E-state index in [1.54, 1.807) is 11.3 Å². The highest BCUT2D eigenvalue weighted by Gasteiger charge is 2.14. The van der Waals surface area contributed by atoms with Crippen LogP contribution in [-0.4, -0.2) is 13.1 Å². The van der Waals surface area contributed by atoms with E-state index in [9.17, 15) is 0 Å². The van der Waals surface area contributed by atoms with Crippen LogP contribution in [0, 0.1) is 0 Å². The van der Waals surface area contributed by atoms with Crippen LogP contribution in [0.5, 0.6) is 0 Å². The Hall–Kier alpha value is -0.340. The van der Waals surface area contributed by atoms with Crippen molar-refractivity contribution in [2.24, 2.45) is 0 Å². The van der Waals surface area contributed by atoms with E-state index in [1.807, 2.05) is 0 Å². The summed E-state index contributed by atoms with van der Waals surface area (Å²) in [5, 5.41) is 7.87. The molecule has 2 rings (SSSR count). The van der Waals surface area contributed by atoms with Crippen molar-refractivity contribution in [3.63, 3.8) is 0 Å². The zero-order valence-corrected chi connectivity index (χ0v) is 7.36. The fourth-order valence-corrected chi connectivity index (χ4v) is 2.39. The second kappa shape index (κ2) is 3.37. The Morgan fingerprint density at radius 1 is 1.55 bits per heavy atom. The lowest BCUT2D eigenvalue weighted by atomic mass is 9.94. The summed E-state index contributed by atoms with van der Waals surface area (Å²) >= 11 is 1.81. The van der Waals surface area contributed by atoms with Gasteiger partial charge in [0, 0.05) is 6.54 Å². The quantitative estimate of drug-likeness (QED) is 0.676. The lowest BCUT2D eigenvalue weighted by molar-refractivity contribution is 0.462. The highest BCUT2D eigenvalue weighted by Crippen LogP contribution is 2.24. The van der Waals surface area contributed by atoms with E-state index in [4.69, 9.17) is 0 Å². The molecule has 1 N–H and O–H groups in total. The second-order valence-electron chi connectivity index (χ2n) is 3.10. The van der Waals surface area contributed by atoms with Crippen molar-refractivity contribution in [2.75, 3.05) is 13.1 Å². The number of piperidine rings is 1. The number of hydrogen-bond donors (Lipinski definition) is 1. The van der Waals surface area contributed by atoms with Gasteiger partial charge in [-0.05, 0) is 47.7 Å². The van der Waals surface area contributed by atoms with Gasteiger partial charge in [-0.1, -0.05) is 0 Å². The van der Waals surface area contributed by atoms with E-state index in [-0.39, 0.29) is 0 Å². The minimum Gasteiger partial charge on any atom is -0.316 e. The van der Waals surface area contributed by atoms with Gasteiger partial charge in [0.25, 0.3) is 0 Å². The summed E-state index contributed by atoms with van der Waals surface area (Å²) in [6, 6.07) is 2.25. The van der Waals surface area contributed by atoms with Crippen molar-refractivity contribution in [1.82, 2.24) is 5.32 Å². The summed E-state index contributed by atoms with van der Waals surface area (Å²) in [6.45, 7) is 2.39. The fourth-order valence-electron chi connectivity index (χ4n) is 1.64. The maximum Gasteiger partial charge on any atom is 0.00204 e. The summed E-state index contributed by atoms with van der Waals surface area (Å²) in [5.41, 5.74) is 1.53. The second-order valence-corrected chi connectivity index (χ2v) is 3.88. The summed E-state index contributed by atoms with van der Waals surface area (Å²) in [7, 11) is 0. The largest absolute Gasteiger partial charge is 0.316 e. The number of rotatable bonds is 1. The molecule has 1 aliphatic heterocycles. The van der Waals surface area contributed by atoms with Crippen molar-refractivity contribution in [1.29, 1.82) is 0 Å². The van der Waals surface area contributed by atoms with Gasteiger partial charge in [0.1, 0.15) is 0 Å². The van der Waals surface area contributed by atoms with Crippen LogP contribution < -0.4 is 5.32 Å². The van der Waals surface area contributed by atoms with Gasteiger partial charge in [0.15, 0.2) is 0 Å². The van der Waals surface area contributed by atoms with Crippen LogP contribution in [0.1, 0.15) is 24.3 Å². The first kappa shape index (κ1) is 7.32. The van der Waals surface area contributed by atoms with Crippen LogP contribution in [0.25, 0.3) is 0 Å². The van der Waals surface area contributed by atoms with Crippen molar-refractivity contribution in [3.8, 4) is 0 Å². The Bertz CT molecular complexity index is 199. The summed E-state index contributed by atoms with van der Waals surface area (Å²) < 4.78 is 0. The molecule has 0 aliphatic carbocycles. The minimum atomic E-state index is 0.787. The molecule has 2 heteroatoms. The molecule has 0 aromatic carbocycles. The molecule has 0 bridgehead atoms. The van der Waals surface area contributed by atoms with E-state index in [1.165, 1.54) is 31.5 Å². The Labute approximate surface area is 71.4 Å². The Balaban J connectivity index is 2.04. The smallest absolute Gasteiger partial charge is 0.00204 e. The molecule has 0 saturated carbocycles. The van der Waals surface area contributed by atoms with Crippen LogP contribution in [0.4, 0.5) is 0 Å². The van der Waals surface area contributed by atoms with Gasteiger partial charge in [-0.2, -0.15) is 11.3 Å². The summed E-state index contributed by atoms with van der Waals surface area (Å²) in [6.07, 6.45) is 2.70. The van der Waals surface area contributed by atoms with E-state index >= 15 is 0 Å². The van der Waals surface area contributed by atoms with Gasteiger partial charge >= 0.3 is 0 Å². The standard InChI is InChI=1S/C9H13NS/c1-2-8(6-10-4-1)9-3-5-11-7-9/h3,5,7-8,10H,1-2,4,6H2. The van der Waals surface area contributed by atoms with Gasteiger partial charge in [-0.15, -0.1) is 0 Å². The topological polar surface area (TPSA) is 12.0 Å². The molecule has 0 amide bonds. The van der Waals surface area contributed by atoms with Gasteiger partial charge in [-0.25, -0.2) is 0 Å². The molecule has 1 unspecified atom stereocenters. The van der Waals surface area contributed by atoms with Crippen LogP contribution >= 0.6 is 11.3 Å². The van der Waals surface area contributed by atoms with Gasteiger partial charge < -0.3 is 5.32 Å². The average Bonchev–Trinajstić information content (AvgIpc) is 2.58. The molecule has 1 saturated heterocycles. The molecule has 2 heterocycles. The zero-order valence-electron chi connectivity index (χ0n) is 6.55. The maximum absolute atomic E-state index is 3.43. The van der Waals surface area contributed by atoms with Gasteiger partial charge in [-0.3, -0.25) is 0 Å². The first-order chi connectivity index (χ1) is 5.47. The molecule has 1 aliphatic rings. The molecule has 60 valence electrons. The predicted octanol–water partition coefficient (Wildman–Crippen LogP) is 2.22. The SMILES string of the molecule is c1cc(C2CCCNC2)cs1. The van der Waals surface area contributed by atoms with Crippen molar-refractivity contribution >= 4 is 11.3 Å². The first-order valence-corrected chi connectivity index (χ1v) is 5.14. The van der Waals surface area contributed by atoms with Crippen molar-refractivity contribution in [3.05, 3.63) is 22.4 Å². The van der Waals surface area contributed by atoms with E-state index in [0.29, 0.717) is 0 Å². The van der Waals surface area contributed by atoms with Gasteiger partial charge in [0.2, 0.25) is 0 Å². The molecule has 1 nitrogen and oxygen atoms in total. The highest BCUT2D eigenvalue weighted by molar-refractivity contribution is 7.07. The molecule has 1 atom stereocenters. The van der Waals surface area contributed by atoms with Gasteiger partial charge in [0.05, 0.1) is 0 Å². The van der Waals surface area contributed by atoms with Crippen LogP contribution in [-0.2, 0) is 0 Å². The third kappa shape index (κ3) is 1.63. The monoisotopic (exact) mass is 167 g/mol. The van der Waals surface area contributed by atoms with Crippen LogP contribution in [0.2, 0.25) is 0 Å². The zero-order chi connectivity index (χ0) is 7.52. The third-order valence-electron chi connectivity index (χ3n) is 2.31. The molecule has 1 aromatic heterocycles. The maximum atomic E-state index is 3.43. The molecule has 1 fully saturated rings. The number of thiophene rings is 1. The fraction of sp³-hybridized carbons (Fsp3) is 0.556. The van der Waals surface area contributed by atoms with E-state index in [2.05, 4.69) is 22.1 Å². The lowest BCUT2D eigenvalue weighted by Crippen LogP contribution is -2.28. The molecule has 11 heavy (non-hydrogen) atoms. The Morgan fingerprint density at radius 2 is 2.55 bits per heavy atom. The third-order valence-corrected chi connectivity index (χ3v) is 3.01. The molecule has 1 aromatic rings. The van der Waals surface area contributed by atoms with Crippen LogP contribution in [0.15, 0.2) is 16.8 Å². The average molecular weight is 167 g/mol. The predicted molar refractivity (Wildman–Crippen MR) is 49.2 cm³/mol. The first-order valence-electron chi connectivity index (χ1n) is 4.19. The molecule has 0 radical (unpaired) electrons. The number of hydrogen-bond acceptors (Lipinski definition) is 2.